The van der Waals surface area contributed by atoms with Crippen LogP contribution in [0.5, 0.6) is 0 Å². The van der Waals surface area contributed by atoms with Gasteiger partial charge in [0.2, 0.25) is 6.29 Å². The van der Waals surface area contributed by atoms with Crippen molar-refractivity contribution in [3.8, 4) is 0 Å². The Balaban J connectivity index is 2.04. The fourth-order valence-corrected chi connectivity index (χ4v) is 4.13. The van der Waals surface area contributed by atoms with Crippen molar-refractivity contribution in [3.05, 3.63) is 0 Å². The van der Waals surface area contributed by atoms with Crippen LogP contribution in [0.4, 0.5) is 0 Å². The molecule has 2 rings (SSSR count). The summed E-state index contributed by atoms with van der Waals surface area (Å²) < 4.78 is 11.6. The first-order valence-corrected chi connectivity index (χ1v) is 7.93. The molecule has 2 aliphatic rings. The van der Waals surface area contributed by atoms with Gasteiger partial charge in [-0.2, -0.15) is 0 Å². The van der Waals surface area contributed by atoms with Crippen LogP contribution in [-0.4, -0.2) is 18.9 Å². The summed E-state index contributed by atoms with van der Waals surface area (Å²) in [5.74, 6) is 1.55. The van der Waals surface area contributed by atoms with E-state index < -0.39 is 0 Å². The Morgan fingerprint density at radius 1 is 1.16 bits per heavy atom. The monoisotopic (exact) mass is 268 g/mol. The van der Waals surface area contributed by atoms with Gasteiger partial charge in [0.15, 0.2) is 0 Å². The molecule has 3 nitrogen and oxygen atoms in total. The van der Waals surface area contributed by atoms with E-state index in [4.69, 9.17) is 9.47 Å². The van der Waals surface area contributed by atoms with E-state index in [-0.39, 0.29) is 11.7 Å². The molecule has 4 atom stereocenters. The Kier molecular flexibility index (Phi) is 4.88. The fraction of sp³-hybridized carbons (Fsp3) is 0.938. The van der Waals surface area contributed by atoms with E-state index in [1.54, 1.807) is 0 Å². The molecule has 2 bridgehead atoms. The van der Waals surface area contributed by atoms with Gasteiger partial charge in [-0.3, -0.25) is 4.79 Å². The Labute approximate surface area is 117 Å². The van der Waals surface area contributed by atoms with Crippen molar-refractivity contribution in [1.82, 2.24) is 0 Å². The number of hydrogen-bond donors (Lipinski definition) is 0. The topological polar surface area (TPSA) is 35.5 Å². The minimum absolute atomic E-state index is 0.0251. The van der Waals surface area contributed by atoms with Gasteiger partial charge < -0.3 is 9.47 Å². The van der Waals surface area contributed by atoms with Crippen LogP contribution < -0.4 is 0 Å². The number of ether oxygens (including phenoxy) is 2. The van der Waals surface area contributed by atoms with E-state index >= 15 is 0 Å². The molecular formula is C16H28O3. The zero-order valence-corrected chi connectivity index (χ0v) is 12.6. The van der Waals surface area contributed by atoms with E-state index in [9.17, 15) is 4.79 Å². The summed E-state index contributed by atoms with van der Waals surface area (Å²) in [6, 6.07) is 0. The first-order chi connectivity index (χ1) is 9.19. The summed E-state index contributed by atoms with van der Waals surface area (Å²) in [4.78, 5) is 10.8. The highest BCUT2D eigenvalue weighted by Gasteiger charge is 2.45. The summed E-state index contributed by atoms with van der Waals surface area (Å²) in [6.07, 6.45) is 8.04. The zero-order chi connectivity index (χ0) is 13.9. The van der Waals surface area contributed by atoms with Crippen LogP contribution in [0.1, 0.15) is 65.7 Å². The maximum absolute atomic E-state index is 10.8. The number of fused-ring (bicyclic) bond motifs is 2. The van der Waals surface area contributed by atoms with Crippen LogP contribution in [0.2, 0.25) is 0 Å². The van der Waals surface area contributed by atoms with Crippen LogP contribution in [-0.2, 0) is 14.3 Å². The fourth-order valence-electron chi connectivity index (χ4n) is 4.13. The molecule has 3 heteroatoms. The number of rotatable bonds is 8. The molecule has 0 aliphatic heterocycles. The zero-order valence-electron chi connectivity index (χ0n) is 12.6. The molecule has 0 spiro atoms. The van der Waals surface area contributed by atoms with E-state index in [1.165, 1.54) is 19.3 Å². The lowest BCUT2D eigenvalue weighted by atomic mass is 9.79. The standard InChI is InChI=1S/C16H28O3/c1-4-16(5-2,6-3)15(18-11-17)19-14-10-12-7-8-13(14)9-12/h11-15H,4-10H2,1-3H3. The molecule has 0 N–H and O–H groups in total. The third kappa shape index (κ3) is 2.81. The summed E-state index contributed by atoms with van der Waals surface area (Å²) in [6.45, 7) is 7.06. The predicted molar refractivity (Wildman–Crippen MR) is 74.6 cm³/mol. The van der Waals surface area contributed by atoms with E-state index in [1.807, 2.05) is 0 Å². The summed E-state index contributed by atoms with van der Waals surface area (Å²) in [5, 5.41) is 0. The number of carbonyl (C=O) groups is 1. The molecular weight excluding hydrogens is 240 g/mol. The third-order valence-electron chi connectivity index (χ3n) is 5.76. The van der Waals surface area contributed by atoms with Crippen molar-refractivity contribution < 1.29 is 14.3 Å². The second-order valence-corrected chi connectivity index (χ2v) is 6.34. The van der Waals surface area contributed by atoms with Gasteiger partial charge in [0.25, 0.3) is 6.47 Å². The highest BCUT2D eigenvalue weighted by molar-refractivity contribution is 5.37. The molecule has 0 amide bonds. The molecule has 0 radical (unpaired) electrons. The number of hydrogen-bond acceptors (Lipinski definition) is 3. The van der Waals surface area contributed by atoms with Crippen molar-refractivity contribution in [2.45, 2.75) is 78.1 Å². The predicted octanol–water partition coefficient (Wildman–Crippen LogP) is 3.91. The maximum atomic E-state index is 10.8. The molecule has 2 fully saturated rings. The minimum atomic E-state index is -0.366. The lowest BCUT2D eigenvalue weighted by molar-refractivity contribution is -0.227. The molecule has 0 aromatic heterocycles. The second-order valence-electron chi connectivity index (χ2n) is 6.34. The van der Waals surface area contributed by atoms with E-state index in [0.717, 1.165) is 31.6 Å². The summed E-state index contributed by atoms with van der Waals surface area (Å²) in [7, 11) is 0. The van der Waals surface area contributed by atoms with Crippen molar-refractivity contribution >= 4 is 6.47 Å². The molecule has 0 aromatic rings. The largest absolute Gasteiger partial charge is 0.437 e. The van der Waals surface area contributed by atoms with Gasteiger partial charge in [0, 0.05) is 5.41 Å². The van der Waals surface area contributed by atoms with Crippen molar-refractivity contribution in [1.29, 1.82) is 0 Å². The number of carbonyl (C=O) groups excluding carboxylic acids is 1. The van der Waals surface area contributed by atoms with Gasteiger partial charge in [0.05, 0.1) is 6.10 Å². The van der Waals surface area contributed by atoms with Gasteiger partial charge >= 0.3 is 0 Å². The van der Waals surface area contributed by atoms with Gasteiger partial charge in [0.1, 0.15) is 0 Å². The average molecular weight is 268 g/mol. The highest BCUT2D eigenvalue weighted by atomic mass is 16.7. The van der Waals surface area contributed by atoms with Gasteiger partial charge in [-0.1, -0.05) is 20.8 Å². The summed E-state index contributed by atoms with van der Waals surface area (Å²) in [5.41, 5.74) is -0.0251. The molecule has 19 heavy (non-hydrogen) atoms. The third-order valence-corrected chi connectivity index (χ3v) is 5.76. The molecule has 2 aliphatic carbocycles. The van der Waals surface area contributed by atoms with Crippen LogP contribution in [0.3, 0.4) is 0 Å². The second kappa shape index (κ2) is 6.25. The smallest absolute Gasteiger partial charge is 0.295 e. The SMILES string of the molecule is CCC(CC)(CC)C(OC=O)OC1CC2CCC1C2. The summed E-state index contributed by atoms with van der Waals surface area (Å²) >= 11 is 0. The van der Waals surface area contributed by atoms with Gasteiger partial charge in [-0.05, 0) is 56.8 Å². The van der Waals surface area contributed by atoms with Gasteiger partial charge in [-0.15, -0.1) is 0 Å². The lowest BCUT2D eigenvalue weighted by Crippen LogP contribution is -2.41. The highest BCUT2D eigenvalue weighted by Crippen LogP contribution is 2.48. The first-order valence-electron chi connectivity index (χ1n) is 7.93. The quantitative estimate of drug-likeness (QED) is 0.494. The van der Waals surface area contributed by atoms with Crippen molar-refractivity contribution in [2.24, 2.45) is 17.3 Å². The Morgan fingerprint density at radius 2 is 1.84 bits per heavy atom. The Morgan fingerprint density at radius 3 is 2.26 bits per heavy atom. The molecule has 0 saturated heterocycles. The molecule has 0 heterocycles. The molecule has 0 aromatic carbocycles. The molecule has 110 valence electrons. The van der Waals surface area contributed by atoms with Crippen LogP contribution in [0.15, 0.2) is 0 Å². The van der Waals surface area contributed by atoms with Crippen LogP contribution in [0.25, 0.3) is 0 Å². The molecule has 2 saturated carbocycles. The van der Waals surface area contributed by atoms with Crippen LogP contribution in [0, 0.1) is 17.3 Å². The minimum Gasteiger partial charge on any atom is -0.437 e. The molecule has 4 unspecified atom stereocenters. The average Bonchev–Trinajstić information content (AvgIpc) is 3.04. The normalized spacial score (nSPS) is 31.4. The lowest BCUT2D eigenvalue weighted by Gasteiger charge is -2.39. The van der Waals surface area contributed by atoms with E-state index in [2.05, 4.69) is 20.8 Å². The van der Waals surface area contributed by atoms with Gasteiger partial charge in [-0.25, -0.2) is 0 Å². The van der Waals surface area contributed by atoms with Crippen LogP contribution >= 0.6 is 0 Å². The maximum Gasteiger partial charge on any atom is 0.295 e. The Bertz CT molecular complexity index is 290. The van der Waals surface area contributed by atoms with Crippen molar-refractivity contribution in [3.63, 3.8) is 0 Å². The first kappa shape index (κ1) is 14.8. The van der Waals surface area contributed by atoms with Crippen molar-refractivity contribution in [2.75, 3.05) is 0 Å². The van der Waals surface area contributed by atoms with E-state index in [0.29, 0.717) is 18.5 Å². The Hall–Kier alpha value is -0.570.